The van der Waals surface area contributed by atoms with Crippen molar-refractivity contribution in [2.75, 3.05) is 0 Å². The Kier molecular flexibility index (Phi) is 4.94. The van der Waals surface area contributed by atoms with Gasteiger partial charge in [0.15, 0.2) is 0 Å². The normalized spacial score (nSPS) is 23.4. The zero-order valence-corrected chi connectivity index (χ0v) is 9.95. The van der Waals surface area contributed by atoms with Crippen LogP contribution in [0.3, 0.4) is 0 Å². The van der Waals surface area contributed by atoms with Gasteiger partial charge in [0.25, 0.3) is 0 Å². The maximum atomic E-state index is 10.3. The topological polar surface area (TPSA) is 37.3 Å². The van der Waals surface area contributed by atoms with E-state index >= 15 is 0 Å². The Morgan fingerprint density at radius 1 is 1.50 bits per heavy atom. The first kappa shape index (κ1) is 10.1. The number of hydrogen-bond acceptors (Lipinski definition) is 1. The summed E-state index contributed by atoms with van der Waals surface area (Å²) in [5.41, 5.74) is 0. The number of hydrogen-bond donors (Lipinski definition) is 1. The SMILES string of the molecule is O=C(O)C1CC=CCC1.[Cd]. The molecule has 3 heteroatoms. The quantitative estimate of drug-likeness (QED) is 0.554. The Labute approximate surface area is 80.5 Å². The van der Waals surface area contributed by atoms with E-state index in [0.717, 1.165) is 19.3 Å². The van der Waals surface area contributed by atoms with Gasteiger partial charge in [0, 0.05) is 27.3 Å². The predicted octanol–water partition coefficient (Wildman–Crippen LogP) is 1.42. The molecule has 1 aliphatic rings. The number of aliphatic carboxylic acids is 1. The van der Waals surface area contributed by atoms with E-state index in [-0.39, 0.29) is 33.2 Å². The van der Waals surface area contributed by atoms with Gasteiger partial charge >= 0.3 is 5.97 Å². The number of carbonyl (C=O) groups is 1. The molecule has 0 amide bonds. The molecule has 2 nitrogen and oxygen atoms in total. The van der Waals surface area contributed by atoms with E-state index in [4.69, 9.17) is 5.11 Å². The fraction of sp³-hybridized carbons (Fsp3) is 0.571. The van der Waals surface area contributed by atoms with Crippen molar-refractivity contribution < 1.29 is 37.2 Å². The zero-order valence-electron chi connectivity index (χ0n) is 5.92. The molecule has 1 rings (SSSR count). The molecule has 0 heterocycles. The van der Waals surface area contributed by atoms with Gasteiger partial charge in [0.2, 0.25) is 0 Å². The molecule has 0 aliphatic heterocycles. The summed E-state index contributed by atoms with van der Waals surface area (Å²) in [6.07, 6.45) is 6.44. The second-order valence-electron chi connectivity index (χ2n) is 2.32. The summed E-state index contributed by atoms with van der Waals surface area (Å²) in [5, 5.41) is 8.50. The van der Waals surface area contributed by atoms with Crippen molar-refractivity contribution in [1.82, 2.24) is 0 Å². The summed E-state index contributed by atoms with van der Waals surface area (Å²) in [5.74, 6) is -0.769. The van der Waals surface area contributed by atoms with Crippen molar-refractivity contribution in [2.24, 2.45) is 5.92 Å². The molecule has 0 aromatic heterocycles. The first-order valence-corrected chi connectivity index (χ1v) is 3.18. The minimum absolute atomic E-state index is 0. The van der Waals surface area contributed by atoms with Crippen LogP contribution in [0.4, 0.5) is 0 Å². The van der Waals surface area contributed by atoms with Crippen LogP contribution < -0.4 is 0 Å². The molecule has 0 fully saturated rings. The summed E-state index contributed by atoms with van der Waals surface area (Å²) in [7, 11) is 0. The van der Waals surface area contributed by atoms with E-state index in [1.54, 1.807) is 0 Å². The Hall–Kier alpha value is 0.132. The minimum atomic E-state index is -0.653. The van der Waals surface area contributed by atoms with E-state index in [0.29, 0.717) is 0 Å². The van der Waals surface area contributed by atoms with Crippen LogP contribution in [-0.2, 0) is 32.1 Å². The third-order valence-corrected chi connectivity index (χ3v) is 1.62. The van der Waals surface area contributed by atoms with E-state index < -0.39 is 5.97 Å². The largest absolute Gasteiger partial charge is 0.481 e. The maximum Gasteiger partial charge on any atom is 0.306 e. The Morgan fingerprint density at radius 3 is 2.50 bits per heavy atom. The maximum absolute atomic E-state index is 10.3. The molecule has 1 unspecified atom stereocenters. The van der Waals surface area contributed by atoms with Crippen molar-refractivity contribution in [1.29, 1.82) is 0 Å². The molecule has 0 aromatic carbocycles. The third-order valence-electron chi connectivity index (χ3n) is 1.62. The fourth-order valence-corrected chi connectivity index (χ4v) is 1.02. The van der Waals surface area contributed by atoms with Gasteiger partial charge in [0.1, 0.15) is 0 Å². The molecule has 1 atom stereocenters. The van der Waals surface area contributed by atoms with Crippen LogP contribution in [0.15, 0.2) is 12.2 Å². The van der Waals surface area contributed by atoms with Crippen LogP contribution in [0.1, 0.15) is 19.3 Å². The van der Waals surface area contributed by atoms with Gasteiger partial charge in [-0.1, -0.05) is 12.2 Å². The van der Waals surface area contributed by atoms with Crippen molar-refractivity contribution in [3.8, 4) is 0 Å². The molecule has 52 valence electrons. The molecule has 10 heavy (non-hydrogen) atoms. The van der Waals surface area contributed by atoms with Gasteiger partial charge in [-0.3, -0.25) is 4.79 Å². The smallest absolute Gasteiger partial charge is 0.306 e. The second-order valence-corrected chi connectivity index (χ2v) is 2.32. The molecule has 0 spiro atoms. The molecule has 0 saturated heterocycles. The van der Waals surface area contributed by atoms with Crippen LogP contribution in [0, 0.1) is 5.92 Å². The monoisotopic (exact) mass is 240 g/mol. The van der Waals surface area contributed by atoms with Crippen LogP contribution >= 0.6 is 0 Å². The summed E-state index contributed by atoms with van der Waals surface area (Å²) >= 11 is 0. The van der Waals surface area contributed by atoms with Crippen molar-refractivity contribution in [3.05, 3.63) is 12.2 Å². The van der Waals surface area contributed by atoms with Crippen molar-refractivity contribution in [3.63, 3.8) is 0 Å². The summed E-state index contributed by atoms with van der Waals surface area (Å²) < 4.78 is 0. The van der Waals surface area contributed by atoms with Gasteiger partial charge in [-0.2, -0.15) is 0 Å². The molecule has 0 aromatic rings. The van der Waals surface area contributed by atoms with Gasteiger partial charge < -0.3 is 5.11 Å². The van der Waals surface area contributed by atoms with E-state index in [1.807, 2.05) is 12.2 Å². The average Bonchev–Trinajstić information content (AvgIpc) is 1.90. The number of rotatable bonds is 1. The molecule has 0 bridgehead atoms. The molecule has 0 radical (unpaired) electrons. The molecule has 1 N–H and O–H groups in total. The van der Waals surface area contributed by atoms with E-state index in [2.05, 4.69) is 0 Å². The third kappa shape index (κ3) is 2.81. The van der Waals surface area contributed by atoms with Crippen LogP contribution in [0.5, 0.6) is 0 Å². The average molecular weight is 239 g/mol. The van der Waals surface area contributed by atoms with Crippen molar-refractivity contribution in [2.45, 2.75) is 19.3 Å². The summed E-state index contributed by atoms with van der Waals surface area (Å²) in [6, 6.07) is 0. The molecule has 0 saturated carbocycles. The first-order chi connectivity index (χ1) is 4.30. The minimum Gasteiger partial charge on any atom is -0.481 e. The summed E-state index contributed by atoms with van der Waals surface area (Å²) in [6.45, 7) is 0. The van der Waals surface area contributed by atoms with Crippen molar-refractivity contribution >= 4 is 5.97 Å². The van der Waals surface area contributed by atoms with E-state index in [1.165, 1.54) is 0 Å². The van der Waals surface area contributed by atoms with Gasteiger partial charge in [-0.15, -0.1) is 0 Å². The Morgan fingerprint density at radius 2 is 2.20 bits per heavy atom. The fourth-order valence-electron chi connectivity index (χ4n) is 1.02. The summed E-state index contributed by atoms with van der Waals surface area (Å²) in [4.78, 5) is 10.3. The van der Waals surface area contributed by atoms with Crippen LogP contribution in [-0.4, -0.2) is 11.1 Å². The Bertz CT molecular complexity index is 143. The van der Waals surface area contributed by atoms with Crippen LogP contribution in [0.25, 0.3) is 0 Å². The number of allylic oxidation sites excluding steroid dienone is 2. The van der Waals surface area contributed by atoms with Crippen LogP contribution in [0.2, 0.25) is 0 Å². The number of carboxylic acid groups (broad SMARTS) is 1. The first-order valence-electron chi connectivity index (χ1n) is 3.18. The van der Waals surface area contributed by atoms with Gasteiger partial charge in [0.05, 0.1) is 5.92 Å². The van der Waals surface area contributed by atoms with E-state index in [9.17, 15) is 4.79 Å². The van der Waals surface area contributed by atoms with Gasteiger partial charge in [-0.25, -0.2) is 0 Å². The standard InChI is InChI=1S/C7H10O2.Cd/c8-7(9)6-4-2-1-3-5-6;/h1-2,6H,3-5H2,(H,8,9);. The number of carboxylic acids is 1. The molecule has 1 aliphatic carbocycles. The zero-order chi connectivity index (χ0) is 6.69. The second kappa shape index (κ2) is 4.87. The van der Waals surface area contributed by atoms with Gasteiger partial charge in [-0.05, 0) is 19.3 Å². The Balaban J connectivity index is 0.000000810. The molecular weight excluding hydrogens is 228 g/mol. The molecular formula is C7H10CdO2. The predicted molar refractivity (Wildman–Crippen MR) is 34.1 cm³/mol.